The Morgan fingerprint density at radius 1 is 1.12 bits per heavy atom. The van der Waals surface area contributed by atoms with Crippen LogP contribution in [0.1, 0.15) is 69.6 Å². The number of carbonyl (C=O) groups excluding carboxylic acids is 1. The second-order valence-corrected chi connectivity index (χ2v) is 10.7. The van der Waals surface area contributed by atoms with Crippen LogP contribution in [0.4, 0.5) is 4.39 Å². The molecule has 1 aliphatic heterocycles. The van der Waals surface area contributed by atoms with Gasteiger partial charge in [0, 0.05) is 44.3 Å². The molecule has 1 unspecified atom stereocenters. The minimum Gasteiger partial charge on any atom is -0.478 e. The van der Waals surface area contributed by atoms with Gasteiger partial charge in [0.15, 0.2) is 0 Å². The third-order valence-electron chi connectivity index (χ3n) is 8.06. The SMILES string of the molecule is COCC1CCCCN1C(=O)c1cccc(-c2cccc(-n3ncc(C(=O)O)c3[C@@H]3C[C@H]3c3cn(C)nn3)c2)c1F. The zero-order valence-corrected chi connectivity index (χ0v) is 22.9. The van der Waals surface area contributed by atoms with Crippen molar-refractivity contribution in [2.24, 2.45) is 7.05 Å². The molecule has 3 heterocycles. The van der Waals surface area contributed by atoms with Gasteiger partial charge in [-0.25, -0.2) is 13.9 Å². The summed E-state index contributed by atoms with van der Waals surface area (Å²) in [5, 5.41) is 22.5. The molecule has 10 nitrogen and oxygen atoms in total. The Kier molecular flexibility index (Phi) is 7.12. The first-order valence-corrected chi connectivity index (χ1v) is 13.7. The number of methoxy groups -OCH3 is 1. The van der Waals surface area contributed by atoms with Gasteiger partial charge in [-0.05, 0) is 49.4 Å². The molecule has 1 amide bonds. The average molecular weight is 559 g/mol. The number of ether oxygens (including phenoxy) is 1. The Balaban J connectivity index is 1.34. The first-order chi connectivity index (χ1) is 19.9. The summed E-state index contributed by atoms with van der Waals surface area (Å²) in [4.78, 5) is 27.3. The summed E-state index contributed by atoms with van der Waals surface area (Å²) < 4.78 is 24.5. The van der Waals surface area contributed by atoms with E-state index in [-0.39, 0.29) is 40.5 Å². The number of carboxylic acids is 1. The molecule has 2 aromatic heterocycles. The topological polar surface area (TPSA) is 115 Å². The first-order valence-electron chi connectivity index (χ1n) is 13.7. The Labute approximate surface area is 236 Å². The van der Waals surface area contributed by atoms with Gasteiger partial charge in [-0.15, -0.1) is 5.10 Å². The van der Waals surface area contributed by atoms with Crippen LogP contribution in [-0.4, -0.2) is 73.0 Å². The maximum Gasteiger partial charge on any atom is 0.339 e. The lowest BCUT2D eigenvalue weighted by Crippen LogP contribution is -2.46. The lowest BCUT2D eigenvalue weighted by atomic mass is 9.98. The van der Waals surface area contributed by atoms with Gasteiger partial charge in [-0.1, -0.05) is 29.5 Å². The molecule has 0 bridgehead atoms. The van der Waals surface area contributed by atoms with Crippen LogP contribution in [0.5, 0.6) is 0 Å². The molecule has 2 fully saturated rings. The molecule has 1 saturated heterocycles. The summed E-state index contributed by atoms with van der Waals surface area (Å²) in [6, 6.07) is 11.9. The van der Waals surface area contributed by atoms with Crippen LogP contribution < -0.4 is 0 Å². The van der Waals surface area contributed by atoms with E-state index in [4.69, 9.17) is 4.74 Å². The normalized spacial score (nSPS) is 20.3. The third-order valence-corrected chi connectivity index (χ3v) is 8.06. The van der Waals surface area contributed by atoms with Gasteiger partial charge in [-0.2, -0.15) is 5.10 Å². The van der Waals surface area contributed by atoms with Crippen molar-refractivity contribution < 1.29 is 23.8 Å². The van der Waals surface area contributed by atoms with Gasteiger partial charge in [-0.3, -0.25) is 9.48 Å². The van der Waals surface area contributed by atoms with Crippen molar-refractivity contribution in [3.63, 3.8) is 0 Å². The largest absolute Gasteiger partial charge is 0.478 e. The predicted molar refractivity (Wildman–Crippen MR) is 148 cm³/mol. The number of rotatable bonds is 8. The summed E-state index contributed by atoms with van der Waals surface area (Å²) in [5.74, 6) is -2.04. The summed E-state index contributed by atoms with van der Waals surface area (Å²) in [7, 11) is 3.40. The van der Waals surface area contributed by atoms with E-state index in [9.17, 15) is 14.7 Å². The quantitative estimate of drug-likeness (QED) is 0.340. The van der Waals surface area contributed by atoms with Gasteiger partial charge in [0.2, 0.25) is 0 Å². The molecule has 3 atom stereocenters. The Hall–Kier alpha value is -4.38. The van der Waals surface area contributed by atoms with Crippen LogP contribution in [0.25, 0.3) is 16.8 Å². The number of hydrogen-bond acceptors (Lipinski definition) is 6. The molecule has 4 aromatic rings. The van der Waals surface area contributed by atoms with Crippen LogP contribution in [0.3, 0.4) is 0 Å². The number of nitrogens with zero attached hydrogens (tertiary/aromatic N) is 6. The average Bonchev–Trinajstić information content (AvgIpc) is 3.42. The molecule has 0 spiro atoms. The van der Waals surface area contributed by atoms with E-state index in [0.29, 0.717) is 30.1 Å². The van der Waals surface area contributed by atoms with Crippen molar-refractivity contribution in [1.29, 1.82) is 0 Å². The summed E-state index contributed by atoms with van der Waals surface area (Å²) in [6.45, 7) is 0.981. The van der Waals surface area contributed by atoms with E-state index in [2.05, 4.69) is 15.4 Å². The fraction of sp³-hybridized carbons (Fsp3) is 0.367. The Bertz CT molecular complexity index is 1610. The van der Waals surface area contributed by atoms with E-state index in [1.807, 2.05) is 6.20 Å². The molecule has 1 saturated carbocycles. The van der Waals surface area contributed by atoms with E-state index < -0.39 is 11.8 Å². The molecular weight excluding hydrogens is 527 g/mol. The number of hydrogen-bond donors (Lipinski definition) is 1. The zero-order valence-electron chi connectivity index (χ0n) is 22.9. The van der Waals surface area contributed by atoms with E-state index in [1.165, 1.54) is 12.3 Å². The molecule has 11 heteroatoms. The summed E-state index contributed by atoms with van der Waals surface area (Å²) >= 11 is 0. The number of piperidine rings is 1. The van der Waals surface area contributed by atoms with E-state index >= 15 is 4.39 Å². The summed E-state index contributed by atoms with van der Waals surface area (Å²) in [6.07, 6.45) is 6.62. The van der Waals surface area contributed by atoms with Crippen molar-refractivity contribution in [2.75, 3.05) is 20.3 Å². The van der Waals surface area contributed by atoms with Gasteiger partial charge in [0.25, 0.3) is 5.91 Å². The number of aryl methyl sites for hydroxylation is 1. The molecule has 2 aliphatic rings. The second kappa shape index (κ2) is 10.9. The van der Waals surface area contributed by atoms with Crippen molar-refractivity contribution in [2.45, 2.75) is 43.6 Å². The number of aromatic carboxylic acids is 1. The molecular formula is C30H31FN6O4. The lowest BCUT2D eigenvalue weighted by Gasteiger charge is -2.35. The van der Waals surface area contributed by atoms with Crippen LogP contribution in [-0.2, 0) is 11.8 Å². The maximum atomic E-state index is 16.0. The highest BCUT2D eigenvalue weighted by atomic mass is 19.1. The van der Waals surface area contributed by atoms with Gasteiger partial charge >= 0.3 is 5.97 Å². The molecule has 0 radical (unpaired) electrons. The Morgan fingerprint density at radius 3 is 2.71 bits per heavy atom. The van der Waals surface area contributed by atoms with Crippen LogP contribution >= 0.6 is 0 Å². The van der Waals surface area contributed by atoms with E-state index in [0.717, 1.165) is 31.4 Å². The van der Waals surface area contributed by atoms with Crippen LogP contribution in [0.2, 0.25) is 0 Å². The van der Waals surface area contributed by atoms with Crippen molar-refractivity contribution >= 4 is 11.9 Å². The number of benzene rings is 2. The number of likely N-dealkylation sites (tertiary alicyclic amines) is 1. The standard InChI is InChI=1S/C30H31FN6O4/c1-35-16-26(33-34-35)23-14-24(23)28-25(30(39)40)15-32-37(28)19-9-5-7-18(13-19)21-10-6-11-22(27(21)31)29(38)36-12-4-3-8-20(36)17-41-2/h5-7,9-11,13,15-16,20,23-24H,3-4,8,12,14,17H2,1-2H3,(H,39,40)/t20?,23-,24-/m1/s1. The van der Waals surface area contributed by atoms with Crippen LogP contribution in [0.15, 0.2) is 54.9 Å². The molecule has 6 rings (SSSR count). The number of aromatic nitrogens is 5. The fourth-order valence-electron chi connectivity index (χ4n) is 5.96. The monoisotopic (exact) mass is 558 g/mol. The molecule has 2 aromatic carbocycles. The molecule has 1 aliphatic carbocycles. The highest BCUT2D eigenvalue weighted by Gasteiger charge is 2.46. The third kappa shape index (κ3) is 5.01. The Morgan fingerprint density at radius 2 is 1.95 bits per heavy atom. The van der Waals surface area contributed by atoms with Gasteiger partial charge in [0.1, 0.15) is 11.4 Å². The van der Waals surface area contributed by atoms with Crippen molar-refractivity contribution in [3.8, 4) is 16.8 Å². The minimum atomic E-state index is -1.06. The summed E-state index contributed by atoms with van der Waals surface area (Å²) in [5.41, 5.74) is 2.97. The molecule has 212 valence electrons. The molecule has 41 heavy (non-hydrogen) atoms. The lowest BCUT2D eigenvalue weighted by molar-refractivity contribution is 0.0424. The fourth-order valence-corrected chi connectivity index (χ4v) is 5.96. The van der Waals surface area contributed by atoms with Gasteiger partial charge < -0.3 is 14.7 Å². The highest BCUT2D eigenvalue weighted by molar-refractivity contribution is 5.96. The number of carboxylic acid groups (broad SMARTS) is 1. The van der Waals surface area contributed by atoms with Crippen molar-refractivity contribution in [1.82, 2.24) is 29.7 Å². The minimum absolute atomic E-state index is 0.0219. The maximum absolute atomic E-state index is 16.0. The van der Waals surface area contributed by atoms with Crippen molar-refractivity contribution in [3.05, 3.63) is 83.2 Å². The first kappa shape index (κ1) is 26.8. The number of amides is 1. The highest BCUT2D eigenvalue weighted by Crippen LogP contribution is 2.55. The number of carbonyl (C=O) groups is 2. The van der Waals surface area contributed by atoms with Gasteiger partial charge in [0.05, 0.1) is 41.5 Å². The zero-order chi connectivity index (χ0) is 28.7. The second-order valence-electron chi connectivity index (χ2n) is 10.7. The predicted octanol–water partition coefficient (Wildman–Crippen LogP) is 4.42. The number of halogens is 1. The smallest absolute Gasteiger partial charge is 0.339 e. The van der Waals surface area contributed by atoms with Crippen LogP contribution in [0, 0.1) is 5.82 Å². The molecule has 1 N–H and O–H groups in total. The van der Waals surface area contributed by atoms with E-state index in [1.54, 1.807) is 64.8 Å².